The van der Waals surface area contributed by atoms with E-state index in [2.05, 4.69) is 17.6 Å². The first-order valence-electron chi connectivity index (χ1n) is 14.7. The van der Waals surface area contributed by atoms with Gasteiger partial charge in [0.05, 0.1) is 36.7 Å². The Morgan fingerprint density at radius 2 is 1.87 bits per heavy atom. The van der Waals surface area contributed by atoms with Gasteiger partial charge in [0.2, 0.25) is 17.7 Å². The highest BCUT2D eigenvalue weighted by molar-refractivity contribution is 6.02. The Kier molecular flexibility index (Phi) is 8.91. The molecule has 39 heavy (non-hydrogen) atoms. The summed E-state index contributed by atoms with van der Waals surface area (Å²) in [4.78, 5) is 43.7. The van der Waals surface area contributed by atoms with E-state index in [1.165, 1.54) is 0 Å². The first-order chi connectivity index (χ1) is 18.7. The fourth-order valence-corrected chi connectivity index (χ4v) is 7.03. The largest absolute Gasteiger partial charge is 0.494 e. The Balaban J connectivity index is 1.71. The van der Waals surface area contributed by atoms with Crippen LogP contribution in [0.1, 0.15) is 73.1 Å². The van der Waals surface area contributed by atoms with Crippen molar-refractivity contribution in [3.63, 3.8) is 0 Å². The Morgan fingerprint density at radius 3 is 2.46 bits per heavy atom. The normalized spacial score (nSPS) is 30.7. The SMILES string of the molecule is CCCCNC(=O)C1N([C@@H](CO)[C@@H](C)CC)C(=O)[C@@H]2[C@H](C(=O)Nc3ccc(OCC)cc3)[C@]3(CC)CCC12O3. The average molecular weight is 544 g/mol. The van der Waals surface area contributed by atoms with Crippen molar-refractivity contribution in [2.75, 3.05) is 25.1 Å². The molecule has 0 radical (unpaired) electrons. The predicted molar refractivity (Wildman–Crippen MR) is 148 cm³/mol. The molecule has 0 aromatic heterocycles. The van der Waals surface area contributed by atoms with E-state index < -0.39 is 35.1 Å². The number of carbonyl (C=O) groups is 3. The van der Waals surface area contributed by atoms with Crippen LogP contribution in [0.4, 0.5) is 5.69 Å². The molecule has 216 valence electrons. The van der Waals surface area contributed by atoms with Crippen molar-refractivity contribution >= 4 is 23.4 Å². The summed E-state index contributed by atoms with van der Waals surface area (Å²) in [6.45, 7) is 10.7. The van der Waals surface area contributed by atoms with Gasteiger partial charge in [-0.2, -0.15) is 0 Å². The molecule has 0 saturated carbocycles. The third-order valence-corrected chi connectivity index (χ3v) is 9.26. The zero-order chi connectivity index (χ0) is 28.4. The standard InChI is InChI=1S/C30H45N3O6/c1-6-10-17-31-27(36)25-30-16-15-29(8-3,39-30)23(24(30)28(37)33(25)22(18-34)19(5)7-2)26(35)32-20-11-13-21(14-12-20)38-9-4/h11-14,19,22-25,34H,6-10,15-18H2,1-5H3,(H,31,36)(H,32,35)/t19-,22-,23+,24-,25?,29-,30?/m0/s1. The minimum absolute atomic E-state index is 0.0337. The average Bonchev–Trinajstić information content (AvgIpc) is 3.54. The molecule has 4 rings (SSSR count). The summed E-state index contributed by atoms with van der Waals surface area (Å²) >= 11 is 0. The topological polar surface area (TPSA) is 117 Å². The van der Waals surface area contributed by atoms with Crippen LogP contribution in [0.5, 0.6) is 5.75 Å². The van der Waals surface area contributed by atoms with Gasteiger partial charge >= 0.3 is 0 Å². The number of fused-ring (bicyclic) bond motifs is 1. The van der Waals surface area contributed by atoms with Crippen LogP contribution in [0.25, 0.3) is 0 Å². The zero-order valence-electron chi connectivity index (χ0n) is 24.0. The first-order valence-corrected chi connectivity index (χ1v) is 14.7. The molecule has 3 N–H and O–H groups in total. The number of hydrogen-bond donors (Lipinski definition) is 3. The maximum atomic E-state index is 14.3. The van der Waals surface area contributed by atoms with E-state index in [1.54, 1.807) is 29.2 Å². The number of aliphatic hydroxyl groups is 1. The summed E-state index contributed by atoms with van der Waals surface area (Å²) in [5.41, 5.74) is -1.32. The molecule has 3 fully saturated rings. The number of unbranched alkanes of at least 4 members (excludes halogenated alkanes) is 1. The minimum atomic E-state index is -1.11. The highest BCUT2D eigenvalue weighted by atomic mass is 16.5. The Morgan fingerprint density at radius 1 is 1.15 bits per heavy atom. The van der Waals surface area contributed by atoms with Crippen molar-refractivity contribution in [3.05, 3.63) is 24.3 Å². The van der Waals surface area contributed by atoms with E-state index in [9.17, 15) is 19.5 Å². The summed E-state index contributed by atoms with van der Waals surface area (Å²) in [6, 6.07) is 5.72. The second-order valence-electron chi connectivity index (χ2n) is 11.3. The van der Waals surface area contributed by atoms with Crippen LogP contribution in [0.2, 0.25) is 0 Å². The van der Waals surface area contributed by atoms with Crippen LogP contribution >= 0.6 is 0 Å². The van der Waals surface area contributed by atoms with Gasteiger partial charge in [0, 0.05) is 12.2 Å². The lowest BCUT2D eigenvalue weighted by Crippen LogP contribution is -2.59. The van der Waals surface area contributed by atoms with Crippen LogP contribution in [-0.4, -0.2) is 70.8 Å². The molecule has 2 bridgehead atoms. The van der Waals surface area contributed by atoms with Gasteiger partial charge in [0.1, 0.15) is 17.4 Å². The molecule has 3 heterocycles. The lowest BCUT2D eigenvalue weighted by atomic mass is 9.65. The number of aliphatic hydroxyl groups excluding tert-OH is 1. The summed E-state index contributed by atoms with van der Waals surface area (Å²) in [7, 11) is 0. The molecule has 9 heteroatoms. The molecule has 1 spiro atoms. The van der Waals surface area contributed by atoms with E-state index in [1.807, 2.05) is 27.7 Å². The highest BCUT2D eigenvalue weighted by Gasteiger charge is 2.79. The molecule has 0 aliphatic carbocycles. The van der Waals surface area contributed by atoms with Crippen molar-refractivity contribution < 1.29 is 29.0 Å². The number of nitrogens with one attached hydrogen (secondary N) is 2. The maximum absolute atomic E-state index is 14.3. The molecule has 2 unspecified atom stereocenters. The summed E-state index contributed by atoms with van der Waals surface area (Å²) in [6.07, 6.45) is 4.15. The van der Waals surface area contributed by atoms with Crippen molar-refractivity contribution in [1.82, 2.24) is 10.2 Å². The third-order valence-electron chi connectivity index (χ3n) is 9.26. The predicted octanol–water partition coefficient (Wildman–Crippen LogP) is 3.50. The fourth-order valence-electron chi connectivity index (χ4n) is 7.03. The molecule has 9 nitrogen and oxygen atoms in total. The quantitative estimate of drug-likeness (QED) is 0.328. The van der Waals surface area contributed by atoms with Crippen LogP contribution in [0, 0.1) is 17.8 Å². The van der Waals surface area contributed by atoms with Gasteiger partial charge in [0.25, 0.3) is 0 Å². The molecule has 7 atom stereocenters. The molecule has 3 saturated heterocycles. The molecular weight excluding hydrogens is 498 g/mol. The van der Waals surface area contributed by atoms with E-state index >= 15 is 0 Å². The number of anilines is 1. The van der Waals surface area contributed by atoms with Crippen LogP contribution < -0.4 is 15.4 Å². The maximum Gasteiger partial charge on any atom is 0.245 e. The van der Waals surface area contributed by atoms with Gasteiger partial charge in [-0.15, -0.1) is 0 Å². The second-order valence-corrected chi connectivity index (χ2v) is 11.3. The van der Waals surface area contributed by atoms with E-state index in [-0.39, 0.29) is 30.2 Å². The van der Waals surface area contributed by atoms with E-state index in [0.717, 1.165) is 19.3 Å². The van der Waals surface area contributed by atoms with Gasteiger partial charge in [-0.3, -0.25) is 14.4 Å². The van der Waals surface area contributed by atoms with E-state index in [4.69, 9.17) is 9.47 Å². The molecule has 3 aliphatic heterocycles. The molecule has 3 aliphatic rings. The smallest absolute Gasteiger partial charge is 0.245 e. The number of ether oxygens (including phenoxy) is 2. The fraction of sp³-hybridized carbons (Fsp3) is 0.700. The van der Waals surface area contributed by atoms with Crippen LogP contribution in [-0.2, 0) is 19.1 Å². The number of likely N-dealkylation sites (tertiary alicyclic amines) is 1. The Bertz CT molecular complexity index is 1050. The number of hydrogen-bond acceptors (Lipinski definition) is 6. The van der Waals surface area contributed by atoms with Crippen molar-refractivity contribution in [1.29, 1.82) is 0 Å². The number of benzene rings is 1. The van der Waals surface area contributed by atoms with Crippen molar-refractivity contribution in [2.24, 2.45) is 17.8 Å². The van der Waals surface area contributed by atoms with Crippen molar-refractivity contribution in [2.45, 2.75) is 96.4 Å². The van der Waals surface area contributed by atoms with Gasteiger partial charge < -0.3 is 30.1 Å². The summed E-state index contributed by atoms with van der Waals surface area (Å²) in [5.74, 6) is -1.68. The summed E-state index contributed by atoms with van der Waals surface area (Å²) in [5, 5.41) is 16.5. The molecular formula is C30H45N3O6. The van der Waals surface area contributed by atoms with Crippen LogP contribution in [0.15, 0.2) is 24.3 Å². The number of amides is 3. The molecule has 1 aromatic rings. The van der Waals surface area contributed by atoms with Gasteiger partial charge in [-0.1, -0.05) is 40.5 Å². The minimum Gasteiger partial charge on any atom is -0.494 e. The van der Waals surface area contributed by atoms with E-state index in [0.29, 0.717) is 43.9 Å². The zero-order valence-corrected chi connectivity index (χ0v) is 24.0. The second kappa shape index (κ2) is 11.8. The Labute approximate surface area is 232 Å². The molecule has 1 aromatic carbocycles. The number of rotatable bonds is 13. The molecule has 3 amide bonds. The van der Waals surface area contributed by atoms with Gasteiger partial charge in [-0.05, 0) is 62.8 Å². The lowest BCUT2D eigenvalue weighted by Gasteiger charge is -2.39. The Hall–Kier alpha value is -2.65. The summed E-state index contributed by atoms with van der Waals surface area (Å²) < 4.78 is 12.3. The van der Waals surface area contributed by atoms with Crippen molar-refractivity contribution in [3.8, 4) is 5.75 Å². The lowest BCUT2D eigenvalue weighted by molar-refractivity contribution is -0.151. The van der Waals surface area contributed by atoms with Gasteiger partial charge in [0.15, 0.2) is 0 Å². The highest BCUT2D eigenvalue weighted by Crippen LogP contribution is 2.64. The third kappa shape index (κ3) is 4.92. The number of nitrogens with zero attached hydrogens (tertiary/aromatic N) is 1. The first kappa shape index (κ1) is 29.3. The monoisotopic (exact) mass is 543 g/mol. The van der Waals surface area contributed by atoms with Gasteiger partial charge in [-0.25, -0.2) is 0 Å². The number of carbonyl (C=O) groups excluding carboxylic acids is 3. The van der Waals surface area contributed by atoms with Crippen LogP contribution in [0.3, 0.4) is 0 Å².